The zero-order valence-electron chi connectivity index (χ0n) is 14.5. The molecule has 136 valence electrons. The van der Waals surface area contributed by atoms with E-state index in [1.54, 1.807) is 4.90 Å². The summed E-state index contributed by atoms with van der Waals surface area (Å²) in [5.74, 6) is -1.53. The highest BCUT2D eigenvalue weighted by Crippen LogP contribution is 2.23. The molecule has 1 aliphatic heterocycles. The predicted molar refractivity (Wildman–Crippen MR) is 90.4 cm³/mol. The van der Waals surface area contributed by atoms with Gasteiger partial charge in [-0.05, 0) is 25.7 Å². The number of amides is 2. The van der Waals surface area contributed by atoms with Gasteiger partial charge < -0.3 is 15.3 Å². The summed E-state index contributed by atoms with van der Waals surface area (Å²) in [5.41, 5.74) is 0. The summed E-state index contributed by atoms with van der Waals surface area (Å²) in [4.78, 5) is 37.7. The van der Waals surface area contributed by atoms with Crippen molar-refractivity contribution >= 4 is 17.8 Å². The molecule has 0 spiro atoms. The molecule has 2 unspecified atom stereocenters. The van der Waals surface area contributed by atoms with Gasteiger partial charge in [-0.1, -0.05) is 38.5 Å². The standard InChI is InChI=1S/C18H30N2O4/c21-16(13-20-12-8-4-3-7-11-17(20)22)19-15-10-6-2-1-5-9-14(15)18(23)24/h14-15H,1-13H2,(H,19,21)(H,23,24). The van der Waals surface area contributed by atoms with Crippen molar-refractivity contribution < 1.29 is 19.5 Å². The highest BCUT2D eigenvalue weighted by atomic mass is 16.4. The van der Waals surface area contributed by atoms with E-state index < -0.39 is 11.9 Å². The minimum absolute atomic E-state index is 0.0392. The number of carbonyl (C=O) groups excluding carboxylic acids is 2. The minimum atomic E-state index is -0.829. The van der Waals surface area contributed by atoms with E-state index in [4.69, 9.17) is 0 Å². The number of carboxylic acid groups (broad SMARTS) is 1. The monoisotopic (exact) mass is 338 g/mol. The van der Waals surface area contributed by atoms with Gasteiger partial charge in [0.15, 0.2) is 0 Å². The molecule has 0 bridgehead atoms. The summed E-state index contributed by atoms with van der Waals surface area (Å²) in [6.07, 6.45) is 9.81. The molecule has 1 aliphatic carbocycles. The topological polar surface area (TPSA) is 86.7 Å². The fourth-order valence-corrected chi connectivity index (χ4v) is 3.76. The number of aliphatic carboxylic acids is 1. The molecule has 2 aliphatic rings. The Labute approximate surface area is 144 Å². The molecule has 2 fully saturated rings. The molecular formula is C18H30N2O4. The molecular weight excluding hydrogens is 308 g/mol. The quantitative estimate of drug-likeness (QED) is 0.823. The molecule has 1 saturated heterocycles. The highest BCUT2D eigenvalue weighted by molar-refractivity contribution is 5.85. The lowest BCUT2D eigenvalue weighted by atomic mass is 9.87. The van der Waals surface area contributed by atoms with Crippen LogP contribution >= 0.6 is 0 Å². The van der Waals surface area contributed by atoms with Crippen LogP contribution in [0.2, 0.25) is 0 Å². The van der Waals surface area contributed by atoms with E-state index >= 15 is 0 Å². The van der Waals surface area contributed by atoms with Gasteiger partial charge in [0.1, 0.15) is 0 Å². The van der Waals surface area contributed by atoms with E-state index in [0.29, 0.717) is 25.8 Å². The zero-order chi connectivity index (χ0) is 17.4. The molecule has 24 heavy (non-hydrogen) atoms. The number of carbonyl (C=O) groups is 3. The van der Waals surface area contributed by atoms with Crippen LogP contribution in [0.1, 0.15) is 70.6 Å². The van der Waals surface area contributed by atoms with Crippen molar-refractivity contribution in [1.29, 1.82) is 0 Å². The first kappa shape index (κ1) is 18.7. The number of likely N-dealkylation sites (tertiary alicyclic amines) is 1. The number of hydrogen-bond donors (Lipinski definition) is 2. The predicted octanol–water partition coefficient (Wildman–Crippen LogP) is 2.32. The zero-order valence-corrected chi connectivity index (χ0v) is 14.5. The molecule has 0 aromatic heterocycles. The largest absolute Gasteiger partial charge is 0.481 e. The van der Waals surface area contributed by atoms with Crippen LogP contribution in [0.3, 0.4) is 0 Å². The Morgan fingerprint density at radius 1 is 1.00 bits per heavy atom. The van der Waals surface area contributed by atoms with Gasteiger partial charge in [-0.3, -0.25) is 14.4 Å². The Balaban J connectivity index is 1.92. The Bertz CT molecular complexity index is 452. The first-order chi connectivity index (χ1) is 11.6. The normalized spacial score (nSPS) is 26.7. The fraction of sp³-hybridized carbons (Fsp3) is 0.833. The van der Waals surface area contributed by atoms with Crippen molar-refractivity contribution in [2.24, 2.45) is 5.92 Å². The second-order valence-electron chi connectivity index (χ2n) is 7.09. The lowest BCUT2D eigenvalue weighted by Gasteiger charge is -2.29. The van der Waals surface area contributed by atoms with Crippen LogP contribution in [0.25, 0.3) is 0 Å². The van der Waals surface area contributed by atoms with Crippen LogP contribution in [-0.4, -0.2) is 46.9 Å². The number of nitrogens with one attached hydrogen (secondary N) is 1. The Hall–Kier alpha value is -1.59. The van der Waals surface area contributed by atoms with E-state index in [-0.39, 0.29) is 24.4 Å². The number of hydrogen-bond acceptors (Lipinski definition) is 3. The van der Waals surface area contributed by atoms with Gasteiger partial charge >= 0.3 is 5.97 Å². The van der Waals surface area contributed by atoms with Crippen LogP contribution in [0, 0.1) is 5.92 Å². The van der Waals surface area contributed by atoms with Crippen LogP contribution in [-0.2, 0) is 14.4 Å². The summed E-state index contributed by atoms with van der Waals surface area (Å²) in [6, 6.07) is -0.319. The van der Waals surface area contributed by atoms with Gasteiger partial charge in [-0.2, -0.15) is 0 Å². The smallest absolute Gasteiger partial charge is 0.308 e. The molecule has 1 saturated carbocycles. The second-order valence-corrected chi connectivity index (χ2v) is 7.09. The Morgan fingerprint density at radius 2 is 1.67 bits per heavy atom. The third-order valence-corrected chi connectivity index (χ3v) is 5.19. The van der Waals surface area contributed by atoms with E-state index in [1.165, 1.54) is 0 Å². The van der Waals surface area contributed by atoms with Crippen LogP contribution < -0.4 is 5.32 Å². The maximum atomic E-state index is 12.4. The molecule has 2 N–H and O–H groups in total. The Kier molecular flexibility index (Phi) is 7.53. The molecule has 6 nitrogen and oxygen atoms in total. The lowest BCUT2D eigenvalue weighted by molar-refractivity contribution is -0.144. The molecule has 6 heteroatoms. The number of rotatable bonds is 4. The SMILES string of the molecule is O=C(CN1CCCCCCC1=O)NC1CCCCCCC1C(=O)O. The second kappa shape index (κ2) is 9.64. The molecule has 1 heterocycles. The maximum absolute atomic E-state index is 12.4. The molecule has 2 amide bonds. The van der Waals surface area contributed by atoms with Gasteiger partial charge in [-0.25, -0.2) is 0 Å². The average Bonchev–Trinajstić information content (AvgIpc) is 2.49. The van der Waals surface area contributed by atoms with Crippen molar-refractivity contribution in [1.82, 2.24) is 10.2 Å². The van der Waals surface area contributed by atoms with Crippen molar-refractivity contribution in [3.8, 4) is 0 Å². The third kappa shape index (κ3) is 5.80. The van der Waals surface area contributed by atoms with E-state index in [9.17, 15) is 19.5 Å². The average molecular weight is 338 g/mol. The third-order valence-electron chi connectivity index (χ3n) is 5.19. The molecule has 0 radical (unpaired) electrons. The minimum Gasteiger partial charge on any atom is -0.481 e. The molecule has 0 aromatic carbocycles. The van der Waals surface area contributed by atoms with Crippen molar-refractivity contribution in [3.05, 3.63) is 0 Å². The summed E-state index contributed by atoms with van der Waals surface area (Å²) >= 11 is 0. The molecule has 0 aromatic rings. The van der Waals surface area contributed by atoms with Crippen molar-refractivity contribution in [3.63, 3.8) is 0 Å². The number of carboxylic acids is 1. The van der Waals surface area contributed by atoms with Crippen molar-refractivity contribution in [2.45, 2.75) is 76.7 Å². The van der Waals surface area contributed by atoms with Crippen LogP contribution in [0.4, 0.5) is 0 Å². The van der Waals surface area contributed by atoms with E-state index in [2.05, 4.69) is 5.32 Å². The maximum Gasteiger partial charge on any atom is 0.308 e. The van der Waals surface area contributed by atoms with Gasteiger partial charge in [0.2, 0.25) is 11.8 Å². The van der Waals surface area contributed by atoms with Crippen LogP contribution in [0.5, 0.6) is 0 Å². The van der Waals surface area contributed by atoms with Crippen molar-refractivity contribution in [2.75, 3.05) is 13.1 Å². The van der Waals surface area contributed by atoms with E-state index in [1.807, 2.05) is 0 Å². The molecule has 2 rings (SSSR count). The van der Waals surface area contributed by atoms with Gasteiger partial charge in [-0.15, -0.1) is 0 Å². The first-order valence-electron chi connectivity index (χ1n) is 9.38. The molecule has 2 atom stereocenters. The Morgan fingerprint density at radius 3 is 2.42 bits per heavy atom. The van der Waals surface area contributed by atoms with Crippen LogP contribution in [0.15, 0.2) is 0 Å². The lowest BCUT2D eigenvalue weighted by Crippen LogP contribution is -2.48. The summed E-state index contributed by atoms with van der Waals surface area (Å²) in [7, 11) is 0. The van der Waals surface area contributed by atoms with E-state index in [0.717, 1.165) is 51.4 Å². The number of nitrogens with zero attached hydrogens (tertiary/aromatic N) is 1. The van der Waals surface area contributed by atoms with Gasteiger partial charge in [0, 0.05) is 19.0 Å². The summed E-state index contributed by atoms with van der Waals surface area (Å²) in [5, 5.41) is 12.4. The summed E-state index contributed by atoms with van der Waals surface area (Å²) in [6.45, 7) is 0.681. The highest BCUT2D eigenvalue weighted by Gasteiger charge is 2.30. The van der Waals surface area contributed by atoms with Gasteiger partial charge in [0.25, 0.3) is 0 Å². The summed E-state index contributed by atoms with van der Waals surface area (Å²) < 4.78 is 0. The fourth-order valence-electron chi connectivity index (χ4n) is 3.76. The first-order valence-corrected chi connectivity index (χ1v) is 9.38. The van der Waals surface area contributed by atoms with Gasteiger partial charge in [0.05, 0.1) is 12.5 Å².